The molecule has 88 valence electrons. The number of ether oxygens (including phenoxy) is 2. The second-order valence-electron chi connectivity index (χ2n) is 4.04. The lowest BCUT2D eigenvalue weighted by molar-refractivity contribution is -0.152. The van der Waals surface area contributed by atoms with Crippen LogP contribution in [0.1, 0.15) is 36.6 Å². The van der Waals surface area contributed by atoms with Gasteiger partial charge in [-0.15, -0.1) is 0 Å². The molecule has 4 nitrogen and oxygen atoms in total. The van der Waals surface area contributed by atoms with Gasteiger partial charge in [-0.05, 0) is 13.3 Å². The molecule has 0 radical (unpaired) electrons. The molecule has 1 aliphatic rings. The monoisotopic (exact) mass is 223 g/mol. The quantitative estimate of drug-likeness (QED) is 0.835. The van der Waals surface area contributed by atoms with E-state index in [1.165, 1.54) is 0 Å². The average molecular weight is 223 g/mol. The Labute approximate surface area is 95.2 Å². The van der Waals surface area contributed by atoms with E-state index in [0.29, 0.717) is 18.9 Å². The summed E-state index contributed by atoms with van der Waals surface area (Å²) in [4.78, 5) is 4.12. The summed E-state index contributed by atoms with van der Waals surface area (Å²) < 4.78 is 11.2. The van der Waals surface area contributed by atoms with E-state index in [9.17, 15) is 5.11 Å². The Morgan fingerprint density at radius 2 is 2.19 bits per heavy atom. The molecule has 2 rings (SSSR count). The lowest BCUT2D eigenvalue weighted by Crippen LogP contribution is -2.13. The van der Waals surface area contributed by atoms with Crippen LogP contribution in [0.25, 0.3) is 0 Å². The Balaban J connectivity index is 2.21. The molecule has 1 aromatic rings. The van der Waals surface area contributed by atoms with Crippen molar-refractivity contribution in [1.29, 1.82) is 0 Å². The highest BCUT2D eigenvalue weighted by atomic mass is 16.7. The fourth-order valence-corrected chi connectivity index (χ4v) is 1.78. The van der Waals surface area contributed by atoms with Crippen molar-refractivity contribution in [2.75, 3.05) is 0 Å². The number of hydrogen-bond donors (Lipinski definition) is 1. The first-order valence-corrected chi connectivity index (χ1v) is 5.62. The highest BCUT2D eigenvalue weighted by molar-refractivity contribution is 5.40. The molecule has 0 bridgehead atoms. The van der Waals surface area contributed by atoms with Crippen molar-refractivity contribution in [3.8, 4) is 5.75 Å². The first kappa shape index (κ1) is 11.4. The fraction of sp³-hybridized carbons (Fsp3) is 0.583. The van der Waals surface area contributed by atoms with Crippen molar-refractivity contribution in [1.82, 2.24) is 4.98 Å². The normalized spacial score (nSPS) is 20.2. The van der Waals surface area contributed by atoms with E-state index in [2.05, 4.69) is 11.9 Å². The molecule has 4 heteroatoms. The number of fused-ring (bicyclic) bond motifs is 1. The van der Waals surface area contributed by atoms with E-state index in [1.807, 2.05) is 0 Å². The highest BCUT2D eigenvalue weighted by Crippen LogP contribution is 2.28. The van der Waals surface area contributed by atoms with Crippen LogP contribution in [-0.4, -0.2) is 16.4 Å². The van der Waals surface area contributed by atoms with E-state index < -0.39 is 0 Å². The molecule has 0 aromatic carbocycles. The van der Waals surface area contributed by atoms with Gasteiger partial charge in [0.1, 0.15) is 5.75 Å². The molecule has 16 heavy (non-hydrogen) atoms. The second-order valence-corrected chi connectivity index (χ2v) is 4.04. The maximum absolute atomic E-state index is 9.89. The Bertz CT molecular complexity index is 379. The maximum Gasteiger partial charge on any atom is 0.158 e. The fourth-order valence-electron chi connectivity index (χ4n) is 1.78. The summed E-state index contributed by atoms with van der Waals surface area (Å²) in [5, 5.41) is 9.89. The van der Waals surface area contributed by atoms with Crippen molar-refractivity contribution in [2.45, 2.75) is 46.2 Å². The van der Waals surface area contributed by atoms with Gasteiger partial charge in [-0.2, -0.15) is 0 Å². The van der Waals surface area contributed by atoms with Crippen LogP contribution in [0, 0.1) is 6.92 Å². The van der Waals surface area contributed by atoms with Crippen LogP contribution >= 0.6 is 0 Å². The number of pyridine rings is 1. The van der Waals surface area contributed by atoms with Gasteiger partial charge in [-0.25, -0.2) is 0 Å². The molecule has 0 fully saturated rings. The molecule has 2 heterocycles. The Morgan fingerprint density at radius 3 is 2.94 bits per heavy atom. The molecular formula is C12H17NO3. The minimum Gasteiger partial charge on any atom is -0.506 e. The maximum atomic E-state index is 9.89. The molecule has 1 aromatic heterocycles. The average Bonchev–Trinajstić information content (AvgIpc) is 2.48. The minimum absolute atomic E-state index is 0.169. The van der Waals surface area contributed by atoms with Gasteiger partial charge in [0.2, 0.25) is 0 Å². The summed E-state index contributed by atoms with van der Waals surface area (Å²) in [5.41, 5.74) is 2.36. The zero-order valence-electron chi connectivity index (χ0n) is 9.69. The summed E-state index contributed by atoms with van der Waals surface area (Å²) in [6.07, 6.45) is 3.48. The number of aryl methyl sites for hydroxylation is 1. The van der Waals surface area contributed by atoms with Gasteiger partial charge in [-0.1, -0.05) is 13.3 Å². The van der Waals surface area contributed by atoms with Crippen molar-refractivity contribution in [3.05, 3.63) is 23.0 Å². The molecule has 1 atom stereocenters. The van der Waals surface area contributed by atoms with Gasteiger partial charge in [0, 0.05) is 17.3 Å². The number of aromatic nitrogens is 1. The molecule has 0 saturated carbocycles. The van der Waals surface area contributed by atoms with E-state index in [-0.39, 0.29) is 12.0 Å². The summed E-state index contributed by atoms with van der Waals surface area (Å²) in [5.74, 6) is 0.234. The third kappa shape index (κ3) is 2.18. The van der Waals surface area contributed by atoms with E-state index in [4.69, 9.17) is 9.47 Å². The number of aromatic hydroxyl groups is 1. The number of nitrogens with zero attached hydrogens (tertiary/aromatic N) is 1. The molecule has 1 aliphatic heterocycles. The molecule has 1 unspecified atom stereocenters. The SMILES string of the molecule is CCCC1OCc2cnc(C)c(O)c2CO1. The van der Waals surface area contributed by atoms with Crippen molar-refractivity contribution in [3.63, 3.8) is 0 Å². The Hall–Kier alpha value is -1.13. The van der Waals surface area contributed by atoms with Gasteiger partial charge in [0.05, 0.1) is 18.9 Å². The predicted molar refractivity (Wildman–Crippen MR) is 58.9 cm³/mol. The summed E-state index contributed by atoms with van der Waals surface area (Å²) in [6, 6.07) is 0. The van der Waals surface area contributed by atoms with Gasteiger partial charge >= 0.3 is 0 Å². The molecule has 0 aliphatic carbocycles. The number of hydrogen-bond acceptors (Lipinski definition) is 4. The third-order valence-electron chi connectivity index (χ3n) is 2.79. The van der Waals surface area contributed by atoms with Crippen LogP contribution in [0.15, 0.2) is 6.20 Å². The zero-order chi connectivity index (χ0) is 11.5. The Kier molecular flexibility index (Phi) is 3.41. The first-order chi connectivity index (χ1) is 7.72. The van der Waals surface area contributed by atoms with Crippen molar-refractivity contribution in [2.24, 2.45) is 0 Å². The van der Waals surface area contributed by atoms with Crippen LogP contribution in [0.4, 0.5) is 0 Å². The second kappa shape index (κ2) is 4.80. The zero-order valence-corrected chi connectivity index (χ0v) is 9.69. The molecule has 0 amide bonds. The summed E-state index contributed by atoms with van der Waals surface area (Å²) in [6.45, 7) is 4.73. The standard InChI is InChI=1S/C12H17NO3/c1-3-4-11-15-6-9-5-13-8(2)12(14)10(9)7-16-11/h5,11,14H,3-4,6-7H2,1-2H3. The molecular weight excluding hydrogens is 206 g/mol. The molecule has 1 N–H and O–H groups in total. The van der Waals surface area contributed by atoms with Crippen molar-refractivity contribution < 1.29 is 14.6 Å². The van der Waals surface area contributed by atoms with Crippen LogP contribution < -0.4 is 0 Å². The number of rotatable bonds is 2. The largest absolute Gasteiger partial charge is 0.506 e. The third-order valence-corrected chi connectivity index (χ3v) is 2.79. The van der Waals surface area contributed by atoms with Crippen LogP contribution in [0.5, 0.6) is 5.75 Å². The lowest BCUT2D eigenvalue weighted by atomic mass is 10.1. The Morgan fingerprint density at radius 1 is 1.44 bits per heavy atom. The van der Waals surface area contributed by atoms with Crippen LogP contribution in [-0.2, 0) is 22.7 Å². The van der Waals surface area contributed by atoms with Gasteiger partial charge in [0.25, 0.3) is 0 Å². The summed E-state index contributed by atoms with van der Waals surface area (Å²) >= 11 is 0. The van der Waals surface area contributed by atoms with Gasteiger partial charge in [0.15, 0.2) is 6.29 Å². The van der Waals surface area contributed by atoms with Gasteiger partial charge < -0.3 is 14.6 Å². The predicted octanol–water partition coefficient (Wildman–Crippen LogP) is 2.27. The molecule has 0 saturated heterocycles. The summed E-state index contributed by atoms with van der Waals surface area (Å²) in [7, 11) is 0. The topological polar surface area (TPSA) is 51.6 Å². The molecule has 0 spiro atoms. The first-order valence-electron chi connectivity index (χ1n) is 5.62. The van der Waals surface area contributed by atoms with E-state index in [1.54, 1.807) is 13.1 Å². The van der Waals surface area contributed by atoms with Crippen LogP contribution in [0.2, 0.25) is 0 Å². The van der Waals surface area contributed by atoms with E-state index >= 15 is 0 Å². The van der Waals surface area contributed by atoms with E-state index in [0.717, 1.165) is 24.0 Å². The minimum atomic E-state index is -0.169. The lowest BCUT2D eigenvalue weighted by Gasteiger charge is -2.13. The smallest absolute Gasteiger partial charge is 0.158 e. The van der Waals surface area contributed by atoms with Crippen LogP contribution in [0.3, 0.4) is 0 Å². The van der Waals surface area contributed by atoms with Crippen molar-refractivity contribution >= 4 is 0 Å². The highest BCUT2D eigenvalue weighted by Gasteiger charge is 2.19. The van der Waals surface area contributed by atoms with Gasteiger partial charge in [-0.3, -0.25) is 4.98 Å².